The van der Waals surface area contributed by atoms with E-state index in [1.807, 2.05) is 6.07 Å². The average molecular weight is 482 g/mol. The van der Waals surface area contributed by atoms with Crippen LogP contribution < -0.4 is 5.32 Å². The topological polar surface area (TPSA) is 46.2 Å². The summed E-state index contributed by atoms with van der Waals surface area (Å²) in [4.78, 5) is 24.7. The molecule has 3 nitrogen and oxygen atoms in total. The Bertz CT molecular complexity index is 752. The van der Waals surface area contributed by atoms with E-state index in [9.17, 15) is 9.59 Å². The van der Waals surface area contributed by atoms with E-state index < -0.39 is 0 Å². The van der Waals surface area contributed by atoms with Gasteiger partial charge in [0.05, 0.1) is 5.70 Å². The van der Waals surface area contributed by atoms with Gasteiger partial charge in [-0.2, -0.15) is 0 Å². The van der Waals surface area contributed by atoms with Gasteiger partial charge < -0.3 is 5.32 Å². The number of benzene rings is 1. The molecule has 0 unspecified atom stereocenters. The standard InChI is InChI=1S/C32H51NO2/c1-2-3-4-5-6-7-8-9-10-11-12-13-14-15-16-17-18-19-20-23-26-33-30-27-31(34)28-24-21-22-25-29(28)32(30)35/h21-22,24-25,27,33H,2-20,23,26H2,1H3. The van der Waals surface area contributed by atoms with Crippen LogP contribution in [0.1, 0.15) is 156 Å². The van der Waals surface area contributed by atoms with Crippen LogP contribution in [-0.4, -0.2) is 18.1 Å². The lowest BCUT2D eigenvalue weighted by Gasteiger charge is -2.16. The molecule has 2 rings (SSSR count). The van der Waals surface area contributed by atoms with E-state index in [0.29, 0.717) is 16.8 Å². The third-order valence-corrected chi connectivity index (χ3v) is 7.30. The zero-order valence-electron chi connectivity index (χ0n) is 22.6. The second kappa shape index (κ2) is 19.3. The number of ketones is 2. The number of unbranched alkanes of at least 4 members (excludes halogenated alkanes) is 19. The molecular weight excluding hydrogens is 430 g/mol. The van der Waals surface area contributed by atoms with Crippen LogP contribution in [0.15, 0.2) is 36.0 Å². The fourth-order valence-corrected chi connectivity index (χ4v) is 5.05. The van der Waals surface area contributed by atoms with Crippen LogP contribution >= 0.6 is 0 Å². The third-order valence-electron chi connectivity index (χ3n) is 7.30. The van der Waals surface area contributed by atoms with Crippen molar-refractivity contribution in [2.24, 2.45) is 0 Å². The minimum Gasteiger partial charge on any atom is -0.382 e. The van der Waals surface area contributed by atoms with Crippen LogP contribution in [0.4, 0.5) is 0 Å². The van der Waals surface area contributed by atoms with E-state index in [1.54, 1.807) is 18.2 Å². The summed E-state index contributed by atoms with van der Waals surface area (Å²) in [7, 11) is 0. The smallest absolute Gasteiger partial charge is 0.209 e. The first-order valence-electron chi connectivity index (χ1n) is 14.9. The van der Waals surface area contributed by atoms with Gasteiger partial charge in [-0.15, -0.1) is 0 Å². The Labute approximate surface area is 215 Å². The Hall–Kier alpha value is -1.90. The van der Waals surface area contributed by atoms with E-state index in [-0.39, 0.29) is 11.6 Å². The Morgan fingerprint density at radius 2 is 0.943 bits per heavy atom. The van der Waals surface area contributed by atoms with Crippen LogP contribution in [0.2, 0.25) is 0 Å². The molecule has 0 aromatic heterocycles. The van der Waals surface area contributed by atoms with Crippen molar-refractivity contribution in [2.45, 2.75) is 135 Å². The van der Waals surface area contributed by atoms with Gasteiger partial charge in [-0.3, -0.25) is 9.59 Å². The Kier molecular flexibility index (Phi) is 16.2. The van der Waals surface area contributed by atoms with Crippen molar-refractivity contribution in [1.29, 1.82) is 0 Å². The Morgan fingerprint density at radius 3 is 1.40 bits per heavy atom. The van der Waals surface area contributed by atoms with Crippen molar-refractivity contribution in [2.75, 3.05) is 6.54 Å². The molecular formula is C32H51NO2. The summed E-state index contributed by atoms with van der Waals surface area (Å²) in [6.45, 7) is 3.04. The molecule has 0 spiro atoms. The highest BCUT2D eigenvalue weighted by molar-refractivity contribution is 6.24. The van der Waals surface area contributed by atoms with Gasteiger partial charge in [-0.1, -0.05) is 153 Å². The lowest BCUT2D eigenvalue weighted by Crippen LogP contribution is -2.27. The second-order valence-electron chi connectivity index (χ2n) is 10.4. The fourth-order valence-electron chi connectivity index (χ4n) is 5.05. The summed E-state index contributed by atoms with van der Waals surface area (Å²) in [6.07, 6.45) is 29.0. The lowest BCUT2D eigenvalue weighted by molar-refractivity contribution is 0.0978. The van der Waals surface area contributed by atoms with Gasteiger partial charge in [-0.25, -0.2) is 0 Å². The van der Waals surface area contributed by atoms with Crippen LogP contribution in [0, 0.1) is 0 Å². The number of fused-ring (bicyclic) bond motifs is 1. The van der Waals surface area contributed by atoms with Crippen LogP contribution in [0.5, 0.6) is 0 Å². The van der Waals surface area contributed by atoms with E-state index in [1.165, 1.54) is 128 Å². The van der Waals surface area contributed by atoms with Gasteiger partial charge >= 0.3 is 0 Å². The number of carbonyl (C=O) groups is 2. The van der Waals surface area contributed by atoms with Gasteiger partial charge in [0.25, 0.3) is 0 Å². The molecule has 0 aliphatic heterocycles. The molecule has 0 saturated heterocycles. The quantitative estimate of drug-likeness (QED) is 0.168. The van der Waals surface area contributed by atoms with Crippen molar-refractivity contribution >= 4 is 11.6 Å². The molecule has 1 aromatic rings. The summed E-state index contributed by atoms with van der Waals surface area (Å²) in [5.41, 5.74) is 1.49. The maximum atomic E-state index is 12.5. The van der Waals surface area contributed by atoms with Gasteiger partial charge in [-0.05, 0) is 6.42 Å². The molecule has 3 heteroatoms. The average Bonchev–Trinajstić information content (AvgIpc) is 2.87. The number of rotatable bonds is 22. The number of carbonyl (C=O) groups excluding carboxylic acids is 2. The van der Waals surface area contributed by atoms with Crippen molar-refractivity contribution in [3.8, 4) is 0 Å². The summed E-state index contributed by atoms with van der Waals surface area (Å²) in [5, 5.41) is 3.19. The molecule has 0 fully saturated rings. The third kappa shape index (κ3) is 12.6. The first kappa shape index (κ1) is 29.3. The van der Waals surface area contributed by atoms with E-state index >= 15 is 0 Å². The largest absolute Gasteiger partial charge is 0.382 e. The highest BCUT2D eigenvalue weighted by Gasteiger charge is 2.24. The number of hydrogen-bond acceptors (Lipinski definition) is 3. The summed E-state index contributed by atoms with van der Waals surface area (Å²) < 4.78 is 0. The monoisotopic (exact) mass is 481 g/mol. The van der Waals surface area contributed by atoms with E-state index in [4.69, 9.17) is 0 Å². The molecule has 0 atom stereocenters. The lowest BCUT2D eigenvalue weighted by atomic mass is 9.93. The van der Waals surface area contributed by atoms with E-state index in [0.717, 1.165) is 13.0 Å². The molecule has 1 N–H and O–H groups in total. The Morgan fingerprint density at radius 1 is 0.543 bits per heavy atom. The second-order valence-corrected chi connectivity index (χ2v) is 10.4. The van der Waals surface area contributed by atoms with Crippen molar-refractivity contribution in [3.63, 3.8) is 0 Å². The van der Waals surface area contributed by atoms with Crippen molar-refractivity contribution in [1.82, 2.24) is 5.32 Å². The minimum atomic E-state index is -0.0776. The van der Waals surface area contributed by atoms with Crippen LogP contribution in [0.3, 0.4) is 0 Å². The van der Waals surface area contributed by atoms with Crippen molar-refractivity contribution in [3.05, 3.63) is 47.2 Å². The van der Waals surface area contributed by atoms with Gasteiger partial charge in [0.1, 0.15) is 0 Å². The molecule has 0 radical (unpaired) electrons. The maximum Gasteiger partial charge on any atom is 0.209 e. The SMILES string of the molecule is CCCCCCCCCCCCCCCCCCCCCCNC1=CC(=O)c2ccccc2C1=O. The maximum absolute atomic E-state index is 12.5. The summed E-state index contributed by atoms with van der Waals surface area (Å²) >= 11 is 0. The van der Waals surface area contributed by atoms with Crippen LogP contribution in [0.25, 0.3) is 0 Å². The number of hydrogen-bond donors (Lipinski definition) is 1. The molecule has 0 heterocycles. The normalized spacial score (nSPS) is 13.1. The predicted molar refractivity (Wildman–Crippen MR) is 149 cm³/mol. The highest BCUT2D eigenvalue weighted by atomic mass is 16.1. The Balaban J connectivity index is 1.31. The van der Waals surface area contributed by atoms with Gasteiger partial charge in [0, 0.05) is 23.7 Å². The zero-order valence-corrected chi connectivity index (χ0v) is 22.6. The van der Waals surface area contributed by atoms with E-state index in [2.05, 4.69) is 12.2 Å². The molecule has 0 bridgehead atoms. The molecule has 0 amide bonds. The van der Waals surface area contributed by atoms with Crippen molar-refractivity contribution < 1.29 is 9.59 Å². The molecule has 35 heavy (non-hydrogen) atoms. The summed E-state index contributed by atoms with van der Waals surface area (Å²) in [6, 6.07) is 7.07. The molecule has 1 aliphatic carbocycles. The summed E-state index contributed by atoms with van der Waals surface area (Å²) in [5.74, 6) is -0.139. The number of allylic oxidation sites excluding steroid dienone is 2. The minimum absolute atomic E-state index is 0.0617. The number of nitrogens with one attached hydrogen (secondary N) is 1. The van der Waals surface area contributed by atoms with Gasteiger partial charge in [0.2, 0.25) is 5.78 Å². The molecule has 0 saturated carbocycles. The fraction of sp³-hybridized carbons (Fsp3) is 0.688. The van der Waals surface area contributed by atoms with Gasteiger partial charge in [0.15, 0.2) is 5.78 Å². The highest BCUT2D eigenvalue weighted by Crippen LogP contribution is 2.20. The molecule has 1 aromatic carbocycles. The first-order chi connectivity index (χ1) is 17.2. The molecule has 1 aliphatic rings. The zero-order chi connectivity index (χ0) is 25.0. The van der Waals surface area contributed by atoms with Crippen LogP contribution in [-0.2, 0) is 0 Å². The predicted octanol–water partition coefficient (Wildman–Crippen LogP) is 9.36. The number of Topliss-reactive ketones (excluding diaryl/α,β-unsaturated/α-hetero) is 1. The molecule has 196 valence electrons. The first-order valence-corrected chi connectivity index (χ1v) is 14.9.